The standard InChI is InChI=1S/C26H21FN2O3S/c27-25-15-28-14-19-5-4-17(11-23(19)25)12-26(30)24-13-22(24)18-6-8-21(9-7-18)33(31,32)16-20-3-1-2-10-29-20/h1-11,14-15,22,24H,12-13,16H2/t22?,24-/m1/s1. The van der Waals surface area contributed by atoms with Gasteiger partial charge in [-0.1, -0.05) is 30.3 Å². The molecule has 0 radical (unpaired) electrons. The number of sulfone groups is 1. The fourth-order valence-corrected chi connectivity index (χ4v) is 5.50. The van der Waals surface area contributed by atoms with Gasteiger partial charge in [-0.2, -0.15) is 0 Å². The molecule has 0 aliphatic heterocycles. The van der Waals surface area contributed by atoms with Crippen LogP contribution < -0.4 is 0 Å². The Bertz CT molecular complexity index is 1440. The van der Waals surface area contributed by atoms with Crippen molar-refractivity contribution in [3.8, 4) is 0 Å². The Morgan fingerprint density at radius 2 is 1.85 bits per heavy atom. The fourth-order valence-electron chi connectivity index (χ4n) is 4.22. The van der Waals surface area contributed by atoms with E-state index in [0.717, 1.165) is 17.5 Å². The van der Waals surface area contributed by atoms with Gasteiger partial charge in [-0.3, -0.25) is 14.8 Å². The lowest BCUT2D eigenvalue weighted by atomic mass is 10.0. The Morgan fingerprint density at radius 1 is 1.03 bits per heavy atom. The second kappa shape index (κ2) is 8.48. The first-order valence-electron chi connectivity index (χ1n) is 10.7. The molecule has 2 aromatic carbocycles. The minimum absolute atomic E-state index is 0.0893. The number of rotatable bonds is 7. The summed E-state index contributed by atoms with van der Waals surface area (Å²) in [6.07, 6.45) is 5.33. The largest absolute Gasteiger partial charge is 0.299 e. The van der Waals surface area contributed by atoms with Gasteiger partial charge < -0.3 is 0 Å². The summed E-state index contributed by atoms with van der Waals surface area (Å²) in [5.74, 6) is -0.449. The van der Waals surface area contributed by atoms with Gasteiger partial charge in [0.2, 0.25) is 0 Å². The Labute approximate surface area is 191 Å². The molecule has 2 atom stereocenters. The van der Waals surface area contributed by atoms with E-state index in [1.165, 1.54) is 6.20 Å². The van der Waals surface area contributed by atoms with E-state index in [9.17, 15) is 17.6 Å². The number of nitrogens with zero attached hydrogens (tertiary/aromatic N) is 2. The van der Waals surface area contributed by atoms with Crippen molar-refractivity contribution in [3.63, 3.8) is 0 Å². The summed E-state index contributed by atoms with van der Waals surface area (Å²) < 4.78 is 39.3. The molecule has 1 aliphatic carbocycles. The summed E-state index contributed by atoms with van der Waals surface area (Å²) in [6.45, 7) is 0. The maximum Gasteiger partial charge on any atom is 0.184 e. The number of benzene rings is 2. The van der Waals surface area contributed by atoms with E-state index in [0.29, 0.717) is 16.5 Å². The molecule has 4 aromatic rings. The van der Waals surface area contributed by atoms with E-state index < -0.39 is 15.7 Å². The molecule has 0 saturated heterocycles. The number of aromatic nitrogens is 2. The summed E-state index contributed by atoms with van der Waals surface area (Å²) in [5, 5.41) is 1.17. The smallest absolute Gasteiger partial charge is 0.184 e. The molecular weight excluding hydrogens is 439 g/mol. The molecule has 166 valence electrons. The quantitative estimate of drug-likeness (QED) is 0.401. The fraction of sp³-hybridized carbons (Fsp3) is 0.192. The first kappa shape index (κ1) is 21.4. The first-order chi connectivity index (χ1) is 15.9. The first-order valence-corrected chi connectivity index (χ1v) is 12.3. The molecular formula is C26H21FN2O3S. The number of fused-ring (bicyclic) bond motifs is 1. The number of ketones is 1. The lowest BCUT2D eigenvalue weighted by Gasteiger charge is -2.07. The predicted molar refractivity (Wildman–Crippen MR) is 123 cm³/mol. The highest BCUT2D eigenvalue weighted by Crippen LogP contribution is 2.48. The van der Waals surface area contributed by atoms with E-state index in [2.05, 4.69) is 9.97 Å². The maximum absolute atomic E-state index is 14.0. The molecule has 0 N–H and O–H groups in total. The van der Waals surface area contributed by atoms with Crippen LogP contribution in [0.2, 0.25) is 0 Å². The molecule has 0 amide bonds. The summed E-state index contributed by atoms with van der Waals surface area (Å²) in [7, 11) is -3.49. The van der Waals surface area contributed by atoms with Gasteiger partial charge in [-0.25, -0.2) is 12.8 Å². The minimum Gasteiger partial charge on any atom is -0.299 e. The lowest BCUT2D eigenvalue weighted by molar-refractivity contribution is -0.119. The number of Topliss-reactive ketones (excluding diaryl/α,β-unsaturated/α-hetero) is 1. The normalized spacial score (nSPS) is 17.7. The van der Waals surface area contributed by atoms with Crippen LogP contribution in [0, 0.1) is 11.7 Å². The van der Waals surface area contributed by atoms with Crippen LogP contribution in [-0.2, 0) is 26.8 Å². The highest BCUT2D eigenvalue weighted by atomic mass is 32.2. The van der Waals surface area contributed by atoms with Gasteiger partial charge in [0, 0.05) is 35.5 Å². The molecule has 1 unspecified atom stereocenters. The summed E-state index contributed by atoms with van der Waals surface area (Å²) in [5.41, 5.74) is 2.24. The van der Waals surface area contributed by atoms with Crippen molar-refractivity contribution < 1.29 is 17.6 Å². The van der Waals surface area contributed by atoms with Gasteiger partial charge in [0.05, 0.1) is 22.5 Å². The van der Waals surface area contributed by atoms with Gasteiger partial charge in [0.25, 0.3) is 0 Å². The van der Waals surface area contributed by atoms with Crippen LogP contribution >= 0.6 is 0 Å². The van der Waals surface area contributed by atoms with Crippen molar-refractivity contribution in [3.05, 3.63) is 102 Å². The zero-order chi connectivity index (χ0) is 23.0. The van der Waals surface area contributed by atoms with Crippen molar-refractivity contribution in [2.75, 3.05) is 0 Å². The summed E-state index contributed by atoms with van der Waals surface area (Å²) >= 11 is 0. The van der Waals surface area contributed by atoms with E-state index in [1.54, 1.807) is 67.0 Å². The van der Waals surface area contributed by atoms with Crippen molar-refractivity contribution in [2.45, 2.75) is 29.4 Å². The number of halogens is 1. The molecule has 33 heavy (non-hydrogen) atoms. The zero-order valence-electron chi connectivity index (χ0n) is 17.7. The van der Waals surface area contributed by atoms with Crippen molar-refractivity contribution in [2.24, 2.45) is 5.92 Å². The third-order valence-corrected chi connectivity index (χ3v) is 7.76. The molecule has 2 heterocycles. The van der Waals surface area contributed by atoms with Gasteiger partial charge in [0.1, 0.15) is 11.6 Å². The van der Waals surface area contributed by atoms with E-state index in [-0.39, 0.29) is 34.7 Å². The van der Waals surface area contributed by atoms with Crippen LogP contribution in [0.1, 0.15) is 29.2 Å². The van der Waals surface area contributed by atoms with Crippen LogP contribution in [0.3, 0.4) is 0 Å². The predicted octanol–water partition coefficient (Wildman–Crippen LogP) is 4.66. The molecule has 0 spiro atoms. The number of carbonyl (C=O) groups excluding carboxylic acids is 1. The molecule has 1 aliphatic rings. The van der Waals surface area contributed by atoms with E-state index >= 15 is 0 Å². The number of pyridine rings is 2. The SMILES string of the molecule is O=C(Cc1ccc2cncc(F)c2c1)[C@@H]1CC1c1ccc(S(=O)(=O)Cc2ccccn2)cc1. The number of hydrogen-bond donors (Lipinski definition) is 0. The molecule has 1 fully saturated rings. The number of carbonyl (C=O) groups is 1. The Balaban J connectivity index is 1.25. The average molecular weight is 461 g/mol. The molecule has 1 saturated carbocycles. The van der Waals surface area contributed by atoms with Gasteiger partial charge >= 0.3 is 0 Å². The third kappa shape index (κ3) is 4.54. The average Bonchev–Trinajstić information content (AvgIpc) is 3.61. The van der Waals surface area contributed by atoms with E-state index in [4.69, 9.17) is 0 Å². The van der Waals surface area contributed by atoms with Gasteiger partial charge in [-0.15, -0.1) is 0 Å². The second-order valence-electron chi connectivity index (χ2n) is 8.42. The van der Waals surface area contributed by atoms with Crippen LogP contribution in [-0.4, -0.2) is 24.2 Å². The van der Waals surface area contributed by atoms with Crippen LogP contribution in [0.25, 0.3) is 10.8 Å². The van der Waals surface area contributed by atoms with Crippen LogP contribution in [0.5, 0.6) is 0 Å². The van der Waals surface area contributed by atoms with Crippen LogP contribution in [0.4, 0.5) is 4.39 Å². The lowest BCUT2D eigenvalue weighted by Crippen LogP contribution is -2.07. The van der Waals surface area contributed by atoms with Crippen LogP contribution in [0.15, 0.2) is 84.1 Å². The summed E-state index contributed by atoms with van der Waals surface area (Å²) in [4.78, 5) is 21.0. The molecule has 2 aromatic heterocycles. The highest BCUT2D eigenvalue weighted by molar-refractivity contribution is 7.90. The molecule has 7 heteroatoms. The zero-order valence-corrected chi connectivity index (χ0v) is 18.5. The Hall–Kier alpha value is -3.45. The van der Waals surface area contributed by atoms with E-state index in [1.807, 2.05) is 6.07 Å². The molecule has 5 rings (SSSR count). The second-order valence-corrected chi connectivity index (χ2v) is 10.4. The monoisotopic (exact) mass is 460 g/mol. The minimum atomic E-state index is -3.49. The maximum atomic E-state index is 14.0. The van der Waals surface area contributed by atoms with Gasteiger partial charge in [-0.05, 0) is 53.8 Å². The molecule has 5 nitrogen and oxygen atoms in total. The molecule has 0 bridgehead atoms. The van der Waals surface area contributed by atoms with Crippen molar-refractivity contribution in [1.29, 1.82) is 0 Å². The Morgan fingerprint density at radius 3 is 2.61 bits per heavy atom. The topological polar surface area (TPSA) is 77.0 Å². The number of hydrogen-bond acceptors (Lipinski definition) is 5. The third-order valence-electron chi connectivity index (χ3n) is 6.09. The van der Waals surface area contributed by atoms with Crippen molar-refractivity contribution >= 4 is 26.4 Å². The Kier molecular flexibility index (Phi) is 5.50. The highest BCUT2D eigenvalue weighted by Gasteiger charge is 2.43. The van der Waals surface area contributed by atoms with Gasteiger partial charge in [0.15, 0.2) is 9.84 Å². The summed E-state index contributed by atoms with van der Waals surface area (Å²) in [6, 6.07) is 17.3. The van der Waals surface area contributed by atoms with Crippen molar-refractivity contribution in [1.82, 2.24) is 9.97 Å².